The van der Waals surface area contributed by atoms with Gasteiger partial charge in [-0.2, -0.15) is 13.2 Å². The number of pyridine rings is 2. The quantitative estimate of drug-likeness (QED) is 0.894. The first-order valence-electron chi connectivity index (χ1n) is 5.07. The van der Waals surface area contributed by atoms with Gasteiger partial charge in [0.25, 0.3) is 0 Å². The molecule has 0 saturated heterocycles. The van der Waals surface area contributed by atoms with Gasteiger partial charge in [-0.3, -0.25) is 9.97 Å². The fraction of sp³-hybridized carbons (Fsp3) is 0.167. The molecule has 2 heterocycles. The summed E-state index contributed by atoms with van der Waals surface area (Å²) in [5.74, 6) is 0. The lowest BCUT2D eigenvalue weighted by atomic mass is 9.90. The van der Waals surface area contributed by atoms with Crippen molar-refractivity contribution in [1.29, 1.82) is 0 Å². The van der Waals surface area contributed by atoms with E-state index >= 15 is 0 Å². The van der Waals surface area contributed by atoms with Gasteiger partial charge in [-0.15, -0.1) is 0 Å². The van der Waals surface area contributed by atoms with Crippen LogP contribution >= 0.6 is 0 Å². The molecule has 2 aromatic rings. The Kier molecular flexibility index (Phi) is 3.04. The average molecular weight is 254 g/mol. The van der Waals surface area contributed by atoms with E-state index in [4.69, 9.17) is 0 Å². The molecule has 0 aliphatic heterocycles. The van der Waals surface area contributed by atoms with Crippen molar-refractivity contribution in [3.05, 3.63) is 60.2 Å². The van der Waals surface area contributed by atoms with Gasteiger partial charge in [-0.25, -0.2) is 0 Å². The molecule has 0 radical (unpaired) electrons. The molecule has 0 saturated carbocycles. The van der Waals surface area contributed by atoms with Crippen LogP contribution in [-0.4, -0.2) is 21.3 Å². The molecule has 6 heteroatoms. The lowest BCUT2D eigenvalue weighted by Crippen LogP contribution is -2.44. The lowest BCUT2D eigenvalue weighted by molar-refractivity contribution is -0.249. The van der Waals surface area contributed by atoms with E-state index in [0.717, 1.165) is 18.3 Å². The second-order valence-electron chi connectivity index (χ2n) is 3.66. The molecule has 0 aromatic carbocycles. The van der Waals surface area contributed by atoms with Crippen molar-refractivity contribution in [3.63, 3.8) is 0 Å². The molecule has 3 nitrogen and oxygen atoms in total. The van der Waals surface area contributed by atoms with E-state index in [0.29, 0.717) is 0 Å². The molecular formula is C12H9F3N2O. The van der Waals surface area contributed by atoms with Crippen LogP contribution < -0.4 is 0 Å². The zero-order chi connectivity index (χ0) is 13.2. The maximum atomic E-state index is 13.2. The second kappa shape index (κ2) is 4.38. The minimum Gasteiger partial charge on any atom is -0.371 e. The first-order chi connectivity index (χ1) is 8.46. The van der Waals surface area contributed by atoms with Crippen LogP contribution in [0.25, 0.3) is 0 Å². The molecule has 0 spiro atoms. The van der Waals surface area contributed by atoms with Crippen LogP contribution in [0.3, 0.4) is 0 Å². The fourth-order valence-corrected chi connectivity index (χ4v) is 1.61. The minimum atomic E-state index is -4.88. The Hall–Kier alpha value is -1.95. The largest absolute Gasteiger partial charge is 0.427 e. The highest BCUT2D eigenvalue weighted by atomic mass is 19.4. The highest BCUT2D eigenvalue weighted by Gasteiger charge is 2.57. The molecule has 0 amide bonds. The van der Waals surface area contributed by atoms with Crippen LogP contribution in [0.15, 0.2) is 48.9 Å². The van der Waals surface area contributed by atoms with Gasteiger partial charge < -0.3 is 5.11 Å². The zero-order valence-electron chi connectivity index (χ0n) is 9.09. The van der Waals surface area contributed by atoms with E-state index in [-0.39, 0.29) is 5.56 Å². The van der Waals surface area contributed by atoms with E-state index < -0.39 is 17.5 Å². The predicted molar refractivity (Wildman–Crippen MR) is 57.5 cm³/mol. The molecular weight excluding hydrogens is 245 g/mol. The minimum absolute atomic E-state index is 0.365. The van der Waals surface area contributed by atoms with Crippen molar-refractivity contribution < 1.29 is 18.3 Å². The summed E-state index contributed by atoms with van der Waals surface area (Å²) in [5.41, 5.74) is -4.00. The summed E-state index contributed by atoms with van der Waals surface area (Å²) in [6.07, 6.45) is -1.38. The summed E-state index contributed by atoms with van der Waals surface area (Å²) in [5, 5.41) is 10.1. The smallest absolute Gasteiger partial charge is 0.371 e. The normalized spacial score (nSPS) is 15.1. The van der Waals surface area contributed by atoms with E-state index in [1.54, 1.807) is 0 Å². The van der Waals surface area contributed by atoms with Gasteiger partial charge in [0.15, 0.2) is 0 Å². The third kappa shape index (κ3) is 1.95. The third-order valence-electron chi connectivity index (χ3n) is 2.53. The topological polar surface area (TPSA) is 46.0 Å². The van der Waals surface area contributed by atoms with Crippen LogP contribution in [-0.2, 0) is 5.60 Å². The molecule has 0 aliphatic carbocycles. The van der Waals surface area contributed by atoms with E-state index in [1.165, 1.54) is 30.6 Å². The van der Waals surface area contributed by atoms with Gasteiger partial charge in [-0.1, -0.05) is 12.1 Å². The molecule has 0 fully saturated rings. The van der Waals surface area contributed by atoms with Crippen LogP contribution in [0.4, 0.5) is 13.2 Å². The first-order valence-corrected chi connectivity index (χ1v) is 5.07. The molecule has 1 atom stereocenters. The van der Waals surface area contributed by atoms with Gasteiger partial charge in [0, 0.05) is 24.2 Å². The van der Waals surface area contributed by atoms with Gasteiger partial charge in [-0.05, 0) is 18.2 Å². The monoisotopic (exact) mass is 254 g/mol. The zero-order valence-corrected chi connectivity index (χ0v) is 9.09. The number of rotatable bonds is 2. The fourth-order valence-electron chi connectivity index (χ4n) is 1.61. The summed E-state index contributed by atoms with van der Waals surface area (Å²) < 4.78 is 39.5. The van der Waals surface area contributed by atoms with Gasteiger partial charge in [0.05, 0.1) is 5.69 Å². The predicted octanol–water partition coefficient (Wildman–Crippen LogP) is 2.27. The molecule has 2 aromatic heterocycles. The second-order valence-corrected chi connectivity index (χ2v) is 3.66. The SMILES string of the molecule is OC(c1cccnc1)(c1ccccn1)C(F)(F)F. The Bertz CT molecular complexity index is 474. The summed E-state index contributed by atoms with van der Waals surface area (Å²) >= 11 is 0. The Labute approximate surface area is 101 Å². The van der Waals surface area contributed by atoms with Crippen LogP contribution in [0, 0.1) is 0 Å². The third-order valence-corrected chi connectivity index (χ3v) is 2.53. The van der Waals surface area contributed by atoms with Crippen LogP contribution in [0.1, 0.15) is 11.3 Å². The lowest BCUT2D eigenvalue weighted by Gasteiger charge is -2.29. The molecule has 2 rings (SSSR count). The van der Waals surface area contributed by atoms with E-state index in [9.17, 15) is 18.3 Å². The Morgan fingerprint density at radius 1 is 1.00 bits per heavy atom. The number of nitrogens with zero attached hydrogens (tertiary/aromatic N) is 2. The molecule has 18 heavy (non-hydrogen) atoms. The number of hydrogen-bond donors (Lipinski definition) is 1. The average Bonchev–Trinajstić information content (AvgIpc) is 2.38. The highest BCUT2D eigenvalue weighted by Crippen LogP contribution is 2.42. The van der Waals surface area contributed by atoms with Crippen molar-refractivity contribution in [1.82, 2.24) is 9.97 Å². The van der Waals surface area contributed by atoms with E-state index in [1.807, 2.05) is 0 Å². The van der Waals surface area contributed by atoms with Crippen LogP contribution in [0.5, 0.6) is 0 Å². The number of hydrogen-bond acceptors (Lipinski definition) is 3. The maximum Gasteiger partial charge on any atom is 0.427 e. The summed E-state index contributed by atoms with van der Waals surface area (Å²) in [6, 6.07) is 6.48. The maximum absolute atomic E-state index is 13.2. The standard InChI is InChI=1S/C12H9F3N2O/c13-12(14,15)11(18,9-4-3-6-16-8-9)10-5-1-2-7-17-10/h1-8,18H. The molecule has 1 unspecified atom stereocenters. The number of alkyl halides is 3. The van der Waals surface area contributed by atoms with Crippen molar-refractivity contribution >= 4 is 0 Å². The summed E-state index contributed by atoms with van der Waals surface area (Å²) in [6.45, 7) is 0. The van der Waals surface area contributed by atoms with Crippen molar-refractivity contribution in [2.75, 3.05) is 0 Å². The Balaban J connectivity index is 2.63. The molecule has 1 N–H and O–H groups in total. The Morgan fingerprint density at radius 2 is 1.78 bits per heavy atom. The van der Waals surface area contributed by atoms with E-state index in [2.05, 4.69) is 9.97 Å². The number of aromatic nitrogens is 2. The van der Waals surface area contributed by atoms with Gasteiger partial charge in [0.1, 0.15) is 0 Å². The first kappa shape index (κ1) is 12.5. The van der Waals surface area contributed by atoms with Gasteiger partial charge in [0.2, 0.25) is 5.60 Å². The van der Waals surface area contributed by atoms with Crippen molar-refractivity contribution in [2.45, 2.75) is 11.8 Å². The summed E-state index contributed by atoms with van der Waals surface area (Å²) in [4.78, 5) is 7.20. The van der Waals surface area contributed by atoms with Gasteiger partial charge >= 0.3 is 6.18 Å². The van der Waals surface area contributed by atoms with Crippen molar-refractivity contribution in [3.8, 4) is 0 Å². The number of aliphatic hydroxyl groups is 1. The van der Waals surface area contributed by atoms with Crippen molar-refractivity contribution in [2.24, 2.45) is 0 Å². The number of halogens is 3. The molecule has 94 valence electrons. The highest BCUT2D eigenvalue weighted by molar-refractivity contribution is 5.32. The molecule has 0 bridgehead atoms. The van der Waals surface area contributed by atoms with Crippen LogP contribution in [0.2, 0.25) is 0 Å². The molecule has 0 aliphatic rings. The Morgan fingerprint density at radius 3 is 2.28 bits per heavy atom. The summed E-state index contributed by atoms with van der Waals surface area (Å²) in [7, 11) is 0.